The van der Waals surface area contributed by atoms with Crippen molar-refractivity contribution in [1.29, 1.82) is 0 Å². The molecule has 0 fully saturated rings. The van der Waals surface area contributed by atoms with E-state index in [9.17, 15) is 0 Å². The van der Waals surface area contributed by atoms with E-state index in [-0.39, 0.29) is 5.38 Å². The van der Waals surface area contributed by atoms with Gasteiger partial charge in [0, 0.05) is 11.8 Å². The van der Waals surface area contributed by atoms with E-state index >= 15 is 0 Å². The van der Waals surface area contributed by atoms with E-state index in [0.29, 0.717) is 6.42 Å². The van der Waals surface area contributed by atoms with Crippen molar-refractivity contribution in [1.82, 2.24) is 9.97 Å². The highest BCUT2D eigenvalue weighted by Gasteiger charge is 2.11. The van der Waals surface area contributed by atoms with E-state index in [1.807, 2.05) is 54.6 Å². The fourth-order valence-corrected chi connectivity index (χ4v) is 2.46. The van der Waals surface area contributed by atoms with Crippen LogP contribution in [0.2, 0.25) is 0 Å². The molecule has 3 aromatic rings. The molecule has 0 aliphatic heterocycles. The van der Waals surface area contributed by atoms with Gasteiger partial charge in [0.2, 0.25) is 0 Å². The van der Waals surface area contributed by atoms with Gasteiger partial charge in [-0.1, -0.05) is 48.5 Å². The smallest absolute Gasteiger partial charge is 0.116 e. The van der Waals surface area contributed by atoms with Crippen LogP contribution >= 0.6 is 11.6 Å². The van der Waals surface area contributed by atoms with Gasteiger partial charge in [-0.15, -0.1) is 11.6 Å². The second-order valence-corrected chi connectivity index (χ2v) is 4.95. The van der Waals surface area contributed by atoms with Gasteiger partial charge >= 0.3 is 0 Å². The van der Waals surface area contributed by atoms with Crippen LogP contribution in [0, 0.1) is 0 Å². The highest BCUT2D eigenvalue weighted by atomic mass is 35.5. The SMILES string of the molecule is ClC(Cc1ncnc2ccccc12)c1ccccc1. The molecule has 0 bridgehead atoms. The Morgan fingerprint density at radius 2 is 1.63 bits per heavy atom. The second kappa shape index (κ2) is 5.37. The van der Waals surface area contributed by atoms with Crippen molar-refractivity contribution in [3.05, 3.63) is 72.2 Å². The predicted molar refractivity (Wildman–Crippen MR) is 78.3 cm³/mol. The standard InChI is InChI=1S/C16H13ClN2/c17-14(12-6-2-1-3-7-12)10-16-13-8-4-5-9-15(13)18-11-19-16/h1-9,11,14H,10H2. The first-order valence-electron chi connectivity index (χ1n) is 6.22. The average Bonchev–Trinajstić information content (AvgIpc) is 2.48. The Hall–Kier alpha value is -1.93. The second-order valence-electron chi connectivity index (χ2n) is 4.42. The number of hydrogen-bond acceptors (Lipinski definition) is 2. The van der Waals surface area contributed by atoms with Gasteiger partial charge in [0.1, 0.15) is 6.33 Å². The van der Waals surface area contributed by atoms with E-state index in [1.165, 1.54) is 0 Å². The first-order chi connectivity index (χ1) is 9.34. The molecule has 1 atom stereocenters. The highest BCUT2D eigenvalue weighted by molar-refractivity contribution is 6.21. The summed E-state index contributed by atoms with van der Waals surface area (Å²) in [7, 11) is 0. The molecule has 0 saturated heterocycles. The normalized spacial score (nSPS) is 12.5. The number of benzene rings is 2. The minimum atomic E-state index is -0.0699. The summed E-state index contributed by atoms with van der Waals surface area (Å²) in [4.78, 5) is 8.64. The van der Waals surface area contributed by atoms with Crippen molar-refractivity contribution in [2.45, 2.75) is 11.8 Å². The number of halogens is 1. The lowest BCUT2D eigenvalue weighted by Crippen LogP contribution is -2.00. The molecule has 0 aliphatic carbocycles. The Balaban J connectivity index is 1.94. The van der Waals surface area contributed by atoms with Gasteiger partial charge in [-0.2, -0.15) is 0 Å². The van der Waals surface area contributed by atoms with Crippen LogP contribution in [0.1, 0.15) is 16.6 Å². The van der Waals surface area contributed by atoms with Crippen LogP contribution in [0.25, 0.3) is 10.9 Å². The summed E-state index contributed by atoms with van der Waals surface area (Å²) >= 11 is 6.48. The van der Waals surface area contributed by atoms with Crippen molar-refractivity contribution < 1.29 is 0 Å². The molecule has 2 nitrogen and oxygen atoms in total. The summed E-state index contributed by atoms with van der Waals surface area (Å²) in [6.45, 7) is 0. The maximum Gasteiger partial charge on any atom is 0.116 e. The van der Waals surface area contributed by atoms with E-state index in [0.717, 1.165) is 22.2 Å². The molecule has 94 valence electrons. The molecule has 3 heteroatoms. The zero-order chi connectivity index (χ0) is 13.1. The molecule has 0 spiro atoms. The minimum Gasteiger partial charge on any atom is -0.241 e. The third-order valence-electron chi connectivity index (χ3n) is 3.16. The average molecular weight is 269 g/mol. The summed E-state index contributed by atoms with van der Waals surface area (Å²) < 4.78 is 0. The van der Waals surface area contributed by atoms with Gasteiger partial charge in [-0.05, 0) is 11.6 Å². The number of aromatic nitrogens is 2. The lowest BCUT2D eigenvalue weighted by atomic mass is 10.0. The fourth-order valence-electron chi connectivity index (χ4n) is 2.17. The zero-order valence-electron chi connectivity index (χ0n) is 10.3. The molecule has 1 aromatic heterocycles. The third kappa shape index (κ3) is 2.59. The first-order valence-corrected chi connectivity index (χ1v) is 6.66. The zero-order valence-corrected chi connectivity index (χ0v) is 11.1. The maximum atomic E-state index is 6.48. The molecule has 1 unspecified atom stereocenters. The molecule has 19 heavy (non-hydrogen) atoms. The van der Waals surface area contributed by atoms with Crippen LogP contribution in [-0.4, -0.2) is 9.97 Å². The topological polar surface area (TPSA) is 25.8 Å². The predicted octanol–water partition coefficient (Wildman–Crippen LogP) is 4.15. The van der Waals surface area contributed by atoms with Gasteiger partial charge in [-0.25, -0.2) is 9.97 Å². The quantitative estimate of drug-likeness (QED) is 0.667. The summed E-state index contributed by atoms with van der Waals surface area (Å²) in [6, 6.07) is 18.1. The summed E-state index contributed by atoms with van der Waals surface area (Å²) in [5, 5.41) is 1.01. The molecule has 3 rings (SSSR count). The first kappa shape index (κ1) is 12.1. The van der Waals surface area contributed by atoms with E-state index in [2.05, 4.69) is 9.97 Å². The Kier molecular flexibility index (Phi) is 3.43. The van der Waals surface area contributed by atoms with Crippen LogP contribution in [0.5, 0.6) is 0 Å². The van der Waals surface area contributed by atoms with Crippen molar-refractivity contribution in [3.63, 3.8) is 0 Å². The summed E-state index contributed by atoms with van der Waals surface area (Å²) in [5.41, 5.74) is 3.07. The van der Waals surface area contributed by atoms with Gasteiger partial charge in [-0.3, -0.25) is 0 Å². The maximum absolute atomic E-state index is 6.48. The van der Waals surface area contributed by atoms with Gasteiger partial charge in [0.15, 0.2) is 0 Å². The number of rotatable bonds is 3. The number of fused-ring (bicyclic) bond motifs is 1. The molecule has 1 heterocycles. The third-order valence-corrected chi connectivity index (χ3v) is 3.57. The summed E-state index contributed by atoms with van der Waals surface area (Å²) in [5.74, 6) is 0. The van der Waals surface area contributed by atoms with Crippen LogP contribution in [0.4, 0.5) is 0 Å². The van der Waals surface area contributed by atoms with Gasteiger partial charge in [0.25, 0.3) is 0 Å². The van der Waals surface area contributed by atoms with E-state index in [4.69, 9.17) is 11.6 Å². The van der Waals surface area contributed by atoms with Crippen LogP contribution < -0.4 is 0 Å². The lowest BCUT2D eigenvalue weighted by Gasteiger charge is -2.10. The molecule has 0 saturated carbocycles. The van der Waals surface area contributed by atoms with Crippen molar-refractivity contribution in [3.8, 4) is 0 Å². The van der Waals surface area contributed by atoms with Crippen molar-refractivity contribution in [2.75, 3.05) is 0 Å². The van der Waals surface area contributed by atoms with E-state index < -0.39 is 0 Å². The lowest BCUT2D eigenvalue weighted by molar-refractivity contribution is 0.885. The fraction of sp³-hybridized carbons (Fsp3) is 0.125. The van der Waals surface area contributed by atoms with Gasteiger partial charge < -0.3 is 0 Å². The molecule has 0 radical (unpaired) electrons. The molecule has 0 N–H and O–H groups in total. The Bertz CT molecular complexity index is 677. The number of alkyl halides is 1. The molecule has 0 amide bonds. The Morgan fingerprint density at radius 3 is 2.47 bits per heavy atom. The van der Waals surface area contributed by atoms with Crippen LogP contribution in [0.15, 0.2) is 60.9 Å². The van der Waals surface area contributed by atoms with E-state index in [1.54, 1.807) is 6.33 Å². The Morgan fingerprint density at radius 1 is 0.895 bits per heavy atom. The molecular weight excluding hydrogens is 256 g/mol. The summed E-state index contributed by atoms with van der Waals surface area (Å²) in [6.07, 6.45) is 2.31. The Labute approximate surface area is 117 Å². The minimum absolute atomic E-state index is 0.0699. The number of nitrogens with zero attached hydrogens (tertiary/aromatic N) is 2. The molecule has 2 aromatic carbocycles. The van der Waals surface area contributed by atoms with Crippen LogP contribution in [0.3, 0.4) is 0 Å². The monoisotopic (exact) mass is 268 g/mol. The highest BCUT2D eigenvalue weighted by Crippen LogP contribution is 2.26. The molecular formula is C16H13ClN2. The van der Waals surface area contributed by atoms with Crippen molar-refractivity contribution >= 4 is 22.5 Å². The van der Waals surface area contributed by atoms with Crippen molar-refractivity contribution in [2.24, 2.45) is 0 Å². The number of para-hydroxylation sites is 1. The number of hydrogen-bond donors (Lipinski definition) is 0. The van der Waals surface area contributed by atoms with Crippen LogP contribution in [-0.2, 0) is 6.42 Å². The van der Waals surface area contributed by atoms with Gasteiger partial charge in [0.05, 0.1) is 16.6 Å². The largest absolute Gasteiger partial charge is 0.241 e. The molecule has 0 aliphatic rings.